The molecular weight excluding hydrogens is 276 g/mol. The summed E-state index contributed by atoms with van der Waals surface area (Å²) in [6.45, 7) is 3.51. The summed E-state index contributed by atoms with van der Waals surface area (Å²) in [5.74, 6) is 0.0192. The molecule has 0 aliphatic carbocycles. The number of benzene rings is 1. The molecule has 0 bridgehead atoms. The van der Waals surface area contributed by atoms with Crippen LogP contribution in [-0.4, -0.2) is 25.7 Å². The van der Waals surface area contributed by atoms with Crippen molar-refractivity contribution in [3.05, 3.63) is 34.9 Å². The van der Waals surface area contributed by atoms with Gasteiger partial charge in [-0.25, -0.2) is 0 Å². The first kappa shape index (κ1) is 15.3. The lowest BCUT2D eigenvalue weighted by Gasteiger charge is -2.35. The van der Waals surface area contributed by atoms with Gasteiger partial charge >= 0.3 is 0 Å². The van der Waals surface area contributed by atoms with Gasteiger partial charge in [0.2, 0.25) is 5.91 Å². The summed E-state index contributed by atoms with van der Waals surface area (Å²) in [5, 5.41) is 3.75. The monoisotopic (exact) mass is 296 g/mol. The van der Waals surface area contributed by atoms with E-state index in [4.69, 9.17) is 22.1 Å². The summed E-state index contributed by atoms with van der Waals surface area (Å²) in [6, 6.07) is 7.43. The van der Waals surface area contributed by atoms with Gasteiger partial charge in [0, 0.05) is 24.8 Å². The molecule has 1 heterocycles. The number of amides is 1. The minimum atomic E-state index is -0.487. The first-order valence-corrected chi connectivity index (χ1v) is 7.29. The molecule has 20 heavy (non-hydrogen) atoms. The van der Waals surface area contributed by atoms with Crippen LogP contribution in [0, 0.1) is 5.41 Å². The van der Waals surface area contributed by atoms with Crippen molar-refractivity contribution in [1.82, 2.24) is 5.32 Å². The summed E-state index contributed by atoms with van der Waals surface area (Å²) in [7, 11) is 0. The molecule has 1 fully saturated rings. The van der Waals surface area contributed by atoms with Crippen LogP contribution in [0.3, 0.4) is 0 Å². The van der Waals surface area contributed by atoms with E-state index in [0.29, 0.717) is 37.6 Å². The normalized spacial score (nSPS) is 19.4. The minimum absolute atomic E-state index is 0.0192. The van der Waals surface area contributed by atoms with Gasteiger partial charge in [-0.3, -0.25) is 4.79 Å². The van der Waals surface area contributed by atoms with E-state index in [2.05, 4.69) is 5.32 Å². The van der Waals surface area contributed by atoms with Crippen LogP contribution in [-0.2, 0) is 9.53 Å². The second-order valence-electron chi connectivity index (χ2n) is 5.34. The van der Waals surface area contributed by atoms with Gasteiger partial charge in [0.1, 0.15) is 0 Å². The summed E-state index contributed by atoms with van der Waals surface area (Å²) in [4.78, 5) is 12.5. The van der Waals surface area contributed by atoms with Crippen LogP contribution in [0.15, 0.2) is 24.3 Å². The maximum absolute atomic E-state index is 12.5. The van der Waals surface area contributed by atoms with Gasteiger partial charge in [-0.2, -0.15) is 0 Å². The first-order valence-electron chi connectivity index (χ1n) is 6.92. The molecule has 0 saturated carbocycles. The van der Waals surface area contributed by atoms with Crippen molar-refractivity contribution >= 4 is 17.5 Å². The number of hydrogen-bond acceptors (Lipinski definition) is 3. The van der Waals surface area contributed by atoms with E-state index >= 15 is 0 Å². The van der Waals surface area contributed by atoms with E-state index in [9.17, 15) is 4.79 Å². The smallest absolute Gasteiger partial charge is 0.228 e. The molecule has 0 spiro atoms. The van der Waals surface area contributed by atoms with Gasteiger partial charge in [-0.1, -0.05) is 23.7 Å². The number of carbonyl (C=O) groups excluding carboxylic acids is 1. The van der Waals surface area contributed by atoms with Crippen LogP contribution >= 0.6 is 11.6 Å². The molecule has 0 aromatic heterocycles. The number of ether oxygens (including phenoxy) is 1. The largest absolute Gasteiger partial charge is 0.381 e. The highest BCUT2D eigenvalue weighted by atomic mass is 35.5. The van der Waals surface area contributed by atoms with Crippen molar-refractivity contribution in [3.63, 3.8) is 0 Å². The maximum atomic E-state index is 12.5. The Kier molecular flexibility index (Phi) is 5.02. The van der Waals surface area contributed by atoms with Crippen molar-refractivity contribution in [2.24, 2.45) is 11.1 Å². The van der Waals surface area contributed by atoms with Gasteiger partial charge in [0.15, 0.2) is 0 Å². The average molecular weight is 297 g/mol. The molecule has 3 N–H and O–H groups in total. The summed E-state index contributed by atoms with van der Waals surface area (Å²) >= 11 is 5.87. The fraction of sp³-hybridized carbons (Fsp3) is 0.533. The lowest BCUT2D eigenvalue weighted by molar-refractivity contribution is -0.136. The third kappa shape index (κ3) is 3.32. The fourth-order valence-corrected chi connectivity index (χ4v) is 2.60. The Hall–Kier alpha value is -1.10. The van der Waals surface area contributed by atoms with Crippen LogP contribution in [0.2, 0.25) is 5.02 Å². The third-order valence-corrected chi connectivity index (χ3v) is 4.29. The van der Waals surface area contributed by atoms with E-state index in [-0.39, 0.29) is 11.9 Å². The SMILES string of the molecule is CC(NC(=O)C1(CN)CCOCC1)c1ccc(Cl)cc1. The van der Waals surface area contributed by atoms with Gasteiger partial charge in [0.25, 0.3) is 0 Å². The first-order chi connectivity index (χ1) is 9.57. The molecular formula is C15H21ClN2O2. The van der Waals surface area contributed by atoms with Gasteiger partial charge in [-0.05, 0) is 37.5 Å². The number of rotatable bonds is 4. The Morgan fingerprint density at radius 2 is 2.00 bits per heavy atom. The molecule has 1 amide bonds. The second-order valence-corrected chi connectivity index (χ2v) is 5.78. The highest BCUT2D eigenvalue weighted by molar-refractivity contribution is 6.30. The summed E-state index contributed by atoms with van der Waals surface area (Å²) in [5.41, 5.74) is 6.38. The lowest BCUT2D eigenvalue weighted by atomic mass is 9.79. The van der Waals surface area contributed by atoms with Crippen molar-refractivity contribution in [1.29, 1.82) is 0 Å². The molecule has 0 radical (unpaired) electrons. The third-order valence-electron chi connectivity index (χ3n) is 4.04. The molecule has 5 heteroatoms. The summed E-state index contributed by atoms with van der Waals surface area (Å²) in [6.07, 6.45) is 1.37. The zero-order valence-corrected chi connectivity index (χ0v) is 12.5. The average Bonchev–Trinajstić information content (AvgIpc) is 2.48. The molecule has 1 saturated heterocycles. The standard InChI is InChI=1S/C15H21ClN2O2/c1-11(12-2-4-13(16)5-3-12)18-14(19)15(10-17)6-8-20-9-7-15/h2-5,11H,6-10,17H2,1H3,(H,18,19). The summed E-state index contributed by atoms with van der Waals surface area (Å²) < 4.78 is 5.33. The molecule has 1 aliphatic heterocycles. The molecule has 1 aliphatic rings. The van der Waals surface area contributed by atoms with Crippen LogP contribution in [0.5, 0.6) is 0 Å². The molecule has 4 nitrogen and oxygen atoms in total. The van der Waals surface area contributed by atoms with Crippen LogP contribution in [0.1, 0.15) is 31.4 Å². The van der Waals surface area contributed by atoms with Crippen molar-refractivity contribution < 1.29 is 9.53 Å². The van der Waals surface area contributed by atoms with Gasteiger partial charge in [0.05, 0.1) is 11.5 Å². The highest BCUT2D eigenvalue weighted by Crippen LogP contribution is 2.30. The maximum Gasteiger partial charge on any atom is 0.228 e. The predicted octanol–water partition coefficient (Wildman–Crippen LogP) is 2.27. The zero-order chi connectivity index (χ0) is 14.6. The van der Waals surface area contributed by atoms with Crippen LogP contribution in [0.25, 0.3) is 0 Å². The quantitative estimate of drug-likeness (QED) is 0.896. The van der Waals surface area contributed by atoms with Crippen LogP contribution < -0.4 is 11.1 Å². The van der Waals surface area contributed by atoms with E-state index in [1.54, 1.807) is 0 Å². The fourth-order valence-electron chi connectivity index (χ4n) is 2.47. The minimum Gasteiger partial charge on any atom is -0.381 e. The number of nitrogens with one attached hydrogen (secondary N) is 1. The zero-order valence-electron chi connectivity index (χ0n) is 11.7. The van der Waals surface area contributed by atoms with Crippen molar-refractivity contribution in [2.45, 2.75) is 25.8 Å². The Morgan fingerprint density at radius 1 is 1.40 bits per heavy atom. The van der Waals surface area contributed by atoms with Gasteiger partial charge < -0.3 is 15.8 Å². The Labute approximate surface area is 124 Å². The predicted molar refractivity (Wildman–Crippen MR) is 79.6 cm³/mol. The highest BCUT2D eigenvalue weighted by Gasteiger charge is 2.39. The van der Waals surface area contributed by atoms with E-state index in [1.807, 2.05) is 31.2 Å². The number of carbonyl (C=O) groups is 1. The number of halogens is 1. The molecule has 1 aromatic rings. The van der Waals surface area contributed by atoms with Gasteiger partial charge in [-0.15, -0.1) is 0 Å². The lowest BCUT2D eigenvalue weighted by Crippen LogP contribution is -2.49. The van der Waals surface area contributed by atoms with Crippen molar-refractivity contribution in [2.75, 3.05) is 19.8 Å². The molecule has 110 valence electrons. The van der Waals surface area contributed by atoms with E-state index in [1.165, 1.54) is 0 Å². The van der Waals surface area contributed by atoms with E-state index < -0.39 is 5.41 Å². The molecule has 1 atom stereocenters. The molecule has 1 aromatic carbocycles. The topological polar surface area (TPSA) is 64.4 Å². The Bertz CT molecular complexity index is 455. The number of hydrogen-bond donors (Lipinski definition) is 2. The molecule has 2 rings (SSSR count). The Balaban J connectivity index is 2.04. The van der Waals surface area contributed by atoms with Crippen LogP contribution in [0.4, 0.5) is 0 Å². The number of nitrogens with two attached hydrogens (primary N) is 1. The van der Waals surface area contributed by atoms with Crippen molar-refractivity contribution in [3.8, 4) is 0 Å². The Morgan fingerprint density at radius 3 is 2.55 bits per heavy atom. The molecule has 1 unspecified atom stereocenters. The van der Waals surface area contributed by atoms with E-state index in [0.717, 1.165) is 5.56 Å². The second kappa shape index (κ2) is 6.57.